The number of nitrogens with one attached hydrogen (secondary N) is 1. The Morgan fingerprint density at radius 3 is 2.42 bits per heavy atom. The van der Waals surface area contributed by atoms with Crippen LogP contribution in [0.3, 0.4) is 0 Å². The summed E-state index contributed by atoms with van der Waals surface area (Å²) in [6.07, 6.45) is -0.0698. The lowest BCUT2D eigenvalue weighted by Crippen LogP contribution is -2.29. The summed E-state index contributed by atoms with van der Waals surface area (Å²) in [5.41, 5.74) is 0.835. The number of benzene rings is 2. The molecule has 0 aromatic heterocycles. The number of nitrogens with zero attached hydrogens (tertiary/aromatic N) is 1. The Kier molecular flexibility index (Phi) is 4.88. The average molecular weight is 395 g/mol. The van der Waals surface area contributed by atoms with Crippen LogP contribution in [0, 0.1) is 0 Å². The third-order valence-corrected chi connectivity index (χ3v) is 5.86. The maximum absolute atomic E-state index is 12.4. The predicted octanol–water partition coefficient (Wildman–Crippen LogP) is 2.67. The number of amides is 2. The number of carbonyl (C=O) groups excluding carboxylic acids is 2. The second kappa shape index (κ2) is 6.97. The molecule has 136 valence electrons. The molecular formula is C17H15ClN2O5S. The summed E-state index contributed by atoms with van der Waals surface area (Å²) in [6.45, 7) is 0. The van der Waals surface area contributed by atoms with E-state index in [-0.39, 0.29) is 28.4 Å². The van der Waals surface area contributed by atoms with E-state index in [1.165, 1.54) is 18.2 Å². The van der Waals surface area contributed by atoms with Crippen molar-refractivity contribution in [1.82, 2.24) is 0 Å². The summed E-state index contributed by atoms with van der Waals surface area (Å²) >= 11 is 6.14. The maximum atomic E-state index is 12.4. The minimum absolute atomic E-state index is 0.0448. The van der Waals surface area contributed by atoms with Crippen LogP contribution in [-0.4, -0.2) is 33.1 Å². The Labute approximate surface area is 155 Å². The Morgan fingerprint density at radius 2 is 1.88 bits per heavy atom. The van der Waals surface area contributed by atoms with Crippen molar-refractivity contribution >= 4 is 44.8 Å². The van der Waals surface area contributed by atoms with E-state index >= 15 is 0 Å². The van der Waals surface area contributed by atoms with Crippen molar-refractivity contribution in [2.75, 3.05) is 22.5 Å². The highest BCUT2D eigenvalue weighted by Gasteiger charge is 2.36. The standard InChI is InChI=1S/C17H15ClN2O5S/c1-25-13-5-2-11(3-6-13)19-17(22)14-7-4-12(10-15(14)18)20-16(21)8-9-26(20,23)24/h2-7,10H,8-9H2,1H3,(H,19,22). The van der Waals surface area contributed by atoms with Gasteiger partial charge in [0.25, 0.3) is 5.91 Å². The van der Waals surface area contributed by atoms with Gasteiger partial charge >= 0.3 is 0 Å². The first-order valence-electron chi connectivity index (χ1n) is 7.62. The van der Waals surface area contributed by atoms with Crippen LogP contribution in [0.15, 0.2) is 42.5 Å². The molecule has 0 unspecified atom stereocenters. The molecule has 26 heavy (non-hydrogen) atoms. The third kappa shape index (κ3) is 3.51. The third-order valence-electron chi connectivity index (χ3n) is 3.86. The van der Waals surface area contributed by atoms with Crippen molar-refractivity contribution in [3.63, 3.8) is 0 Å². The van der Waals surface area contributed by atoms with E-state index in [2.05, 4.69) is 5.32 Å². The minimum Gasteiger partial charge on any atom is -0.497 e. The Hall–Kier alpha value is -2.58. The van der Waals surface area contributed by atoms with Gasteiger partial charge in [0.2, 0.25) is 15.9 Å². The molecule has 1 fully saturated rings. The number of ether oxygens (including phenoxy) is 1. The highest BCUT2D eigenvalue weighted by Crippen LogP contribution is 2.30. The first kappa shape index (κ1) is 18.2. The van der Waals surface area contributed by atoms with Gasteiger partial charge in [-0.3, -0.25) is 9.59 Å². The zero-order valence-electron chi connectivity index (χ0n) is 13.7. The van der Waals surface area contributed by atoms with E-state index in [1.807, 2.05) is 0 Å². The summed E-state index contributed by atoms with van der Waals surface area (Å²) in [7, 11) is -2.14. The molecule has 1 N–H and O–H groups in total. The fourth-order valence-corrected chi connectivity index (χ4v) is 4.27. The van der Waals surface area contributed by atoms with Crippen LogP contribution >= 0.6 is 11.6 Å². The van der Waals surface area contributed by atoms with Crippen molar-refractivity contribution < 1.29 is 22.7 Å². The average Bonchev–Trinajstić information content (AvgIpc) is 2.88. The van der Waals surface area contributed by atoms with Crippen LogP contribution < -0.4 is 14.4 Å². The number of rotatable bonds is 4. The Bertz CT molecular complexity index is 973. The van der Waals surface area contributed by atoms with Crippen molar-refractivity contribution in [2.45, 2.75) is 6.42 Å². The molecular weight excluding hydrogens is 380 g/mol. The summed E-state index contributed by atoms with van der Waals surface area (Å²) in [5.74, 6) is -0.552. The van der Waals surface area contributed by atoms with Gasteiger partial charge in [0, 0.05) is 12.1 Å². The monoisotopic (exact) mass is 394 g/mol. The van der Waals surface area contributed by atoms with Crippen LogP contribution in [0.25, 0.3) is 0 Å². The van der Waals surface area contributed by atoms with E-state index in [9.17, 15) is 18.0 Å². The molecule has 0 spiro atoms. The summed E-state index contributed by atoms with van der Waals surface area (Å²) in [6, 6.07) is 10.8. The van der Waals surface area contributed by atoms with Gasteiger partial charge in [0.15, 0.2) is 0 Å². The van der Waals surface area contributed by atoms with Gasteiger partial charge in [-0.05, 0) is 42.5 Å². The van der Waals surface area contributed by atoms with E-state index in [0.717, 1.165) is 4.31 Å². The molecule has 1 heterocycles. The first-order chi connectivity index (χ1) is 12.3. The molecule has 0 saturated carbocycles. The van der Waals surface area contributed by atoms with Gasteiger partial charge in [-0.1, -0.05) is 11.6 Å². The Morgan fingerprint density at radius 1 is 1.19 bits per heavy atom. The zero-order valence-corrected chi connectivity index (χ0v) is 15.3. The number of halogens is 1. The van der Waals surface area contributed by atoms with Crippen LogP contribution in [0.5, 0.6) is 5.75 Å². The number of hydrogen-bond donors (Lipinski definition) is 1. The van der Waals surface area contributed by atoms with Crippen LogP contribution in [0.4, 0.5) is 11.4 Å². The van der Waals surface area contributed by atoms with Gasteiger partial charge < -0.3 is 10.1 Å². The van der Waals surface area contributed by atoms with Crippen molar-refractivity contribution in [3.8, 4) is 5.75 Å². The molecule has 1 aliphatic heterocycles. The molecule has 7 nitrogen and oxygen atoms in total. The Balaban J connectivity index is 1.83. The molecule has 0 bridgehead atoms. The molecule has 9 heteroatoms. The van der Waals surface area contributed by atoms with Gasteiger partial charge in [0.1, 0.15) is 5.75 Å². The fourth-order valence-electron chi connectivity index (χ4n) is 2.56. The number of sulfonamides is 1. The molecule has 3 rings (SSSR count). The van der Waals surface area contributed by atoms with E-state index in [4.69, 9.17) is 16.3 Å². The van der Waals surface area contributed by atoms with Gasteiger partial charge in [0.05, 0.1) is 29.1 Å². The number of hydrogen-bond acceptors (Lipinski definition) is 5. The molecule has 1 saturated heterocycles. The molecule has 0 atom stereocenters. The molecule has 0 aliphatic carbocycles. The molecule has 2 aromatic rings. The highest BCUT2D eigenvalue weighted by molar-refractivity contribution is 7.94. The lowest BCUT2D eigenvalue weighted by Gasteiger charge is -2.16. The van der Waals surface area contributed by atoms with Crippen molar-refractivity contribution in [3.05, 3.63) is 53.1 Å². The van der Waals surface area contributed by atoms with E-state index < -0.39 is 21.8 Å². The SMILES string of the molecule is COc1ccc(NC(=O)c2ccc(N3C(=O)CCS3(=O)=O)cc2Cl)cc1. The first-order valence-corrected chi connectivity index (χ1v) is 9.61. The van der Waals surface area contributed by atoms with Crippen molar-refractivity contribution in [1.29, 1.82) is 0 Å². The van der Waals surface area contributed by atoms with Gasteiger partial charge in [-0.25, -0.2) is 12.7 Å². The molecule has 0 radical (unpaired) electrons. The quantitative estimate of drug-likeness (QED) is 0.860. The second-order valence-electron chi connectivity index (χ2n) is 5.57. The zero-order chi connectivity index (χ0) is 18.9. The molecule has 2 aromatic carbocycles. The number of carbonyl (C=O) groups is 2. The second-order valence-corrected chi connectivity index (χ2v) is 7.92. The highest BCUT2D eigenvalue weighted by atomic mass is 35.5. The molecule has 1 aliphatic rings. The van der Waals surface area contributed by atoms with Gasteiger partial charge in [-0.2, -0.15) is 0 Å². The smallest absolute Gasteiger partial charge is 0.257 e. The number of anilines is 2. The maximum Gasteiger partial charge on any atom is 0.257 e. The van der Waals surface area contributed by atoms with Gasteiger partial charge in [-0.15, -0.1) is 0 Å². The van der Waals surface area contributed by atoms with Crippen molar-refractivity contribution in [2.24, 2.45) is 0 Å². The summed E-state index contributed by atoms with van der Waals surface area (Å²) in [4.78, 5) is 24.2. The summed E-state index contributed by atoms with van der Waals surface area (Å²) < 4.78 is 29.7. The number of methoxy groups -OCH3 is 1. The largest absolute Gasteiger partial charge is 0.497 e. The fraction of sp³-hybridized carbons (Fsp3) is 0.176. The normalized spacial score (nSPS) is 15.8. The lowest BCUT2D eigenvalue weighted by atomic mass is 10.1. The van der Waals surface area contributed by atoms with E-state index in [0.29, 0.717) is 11.4 Å². The van der Waals surface area contributed by atoms with E-state index in [1.54, 1.807) is 31.4 Å². The lowest BCUT2D eigenvalue weighted by molar-refractivity contribution is -0.116. The summed E-state index contributed by atoms with van der Waals surface area (Å²) in [5, 5.41) is 2.73. The predicted molar refractivity (Wildman–Crippen MR) is 98.3 cm³/mol. The molecule has 2 amide bonds. The van der Waals surface area contributed by atoms with Crippen LogP contribution in [-0.2, 0) is 14.8 Å². The van der Waals surface area contributed by atoms with Crippen LogP contribution in [0.2, 0.25) is 5.02 Å². The van der Waals surface area contributed by atoms with Crippen LogP contribution in [0.1, 0.15) is 16.8 Å². The topological polar surface area (TPSA) is 92.8 Å². The minimum atomic E-state index is -3.68.